The van der Waals surface area contributed by atoms with Crippen LogP contribution in [0.3, 0.4) is 0 Å². The Morgan fingerprint density at radius 2 is 2.53 bits per heavy atom. The molecule has 1 aromatic heterocycles. The summed E-state index contributed by atoms with van der Waals surface area (Å²) in [5.41, 5.74) is 1.44. The lowest BCUT2D eigenvalue weighted by atomic mass is 9.80. The van der Waals surface area contributed by atoms with Crippen LogP contribution in [0.25, 0.3) is 0 Å². The van der Waals surface area contributed by atoms with Crippen molar-refractivity contribution in [1.82, 2.24) is 15.1 Å². The number of thioether (sulfide) groups is 1. The molecule has 5 heteroatoms. The van der Waals surface area contributed by atoms with Gasteiger partial charge in [-0.25, -0.2) is 0 Å². The molecule has 3 atom stereocenters. The molecule has 2 fully saturated rings. The van der Waals surface area contributed by atoms with Crippen molar-refractivity contribution in [3.8, 4) is 0 Å². The number of nitrogens with one attached hydrogen (secondary N) is 1. The lowest BCUT2D eigenvalue weighted by Crippen LogP contribution is -2.43. The van der Waals surface area contributed by atoms with Crippen LogP contribution in [-0.4, -0.2) is 40.5 Å². The number of hydrogen-bond acceptors (Lipinski definition) is 4. The summed E-state index contributed by atoms with van der Waals surface area (Å²) in [6.07, 6.45) is 5.43. The van der Waals surface area contributed by atoms with Gasteiger partial charge < -0.3 is 10.1 Å². The molecule has 1 spiro atoms. The summed E-state index contributed by atoms with van der Waals surface area (Å²) in [7, 11) is 4.09. The van der Waals surface area contributed by atoms with Crippen LogP contribution in [0.15, 0.2) is 12.3 Å². The normalized spacial score (nSPS) is 32.8. The lowest BCUT2D eigenvalue weighted by Gasteiger charge is -2.40. The smallest absolute Gasteiger partial charge is 0.0783 e. The Bertz CT molecular complexity index is 428. The minimum atomic E-state index is 0.154. The Morgan fingerprint density at radius 3 is 3.16 bits per heavy atom. The first-order chi connectivity index (χ1) is 9.24. The van der Waals surface area contributed by atoms with E-state index in [0.29, 0.717) is 12.0 Å². The van der Waals surface area contributed by atoms with Crippen LogP contribution >= 0.6 is 11.8 Å². The standard InChI is InChI=1S/C14H23N3OS/c1-15-13(12-3-6-16-17(12)2)11-4-7-18-14(9-11)5-8-19-10-14/h3,6,11,13,15H,4-5,7-10H2,1-2H3. The molecule has 3 rings (SSSR count). The monoisotopic (exact) mass is 281 g/mol. The molecule has 2 aliphatic rings. The number of hydrogen-bond donors (Lipinski definition) is 1. The van der Waals surface area contributed by atoms with Crippen LogP contribution in [0.5, 0.6) is 0 Å². The quantitative estimate of drug-likeness (QED) is 0.919. The molecule has 3 heterocycles. The van der Waals surface area contributed by atoms with Crippen LogP contribution in [0.1, 0.15) is 31.0 Å². The van der Waals surface area contributed by atoms with Gasteiger partial charge in [-0.1, -0.05) is 0 Å². The van der Waals surface area contributed by atoms with E-state index in [1.807, 2.05) is 29.7 Å². The van der Waals surface area contributed by atoms with Gasteiger partial charge in [0.2, 0.25) is 0 Å². The van der Waals surface area contributed by atoms with Crippen LogP contribution in [0.4, 0.5) is 0 Å². The number of aryl methyl sites for hydroxylation is 1. The first kappa shape index (κ1) is 13.5. The minimum absolute atomic E-state index is 0.154. The zero-order valence-corrected chi connectivity index (χ0v) is 12.6. The third-order valence-electron chi connectivity index (χ3n) is 4.56. The number of rotatable bonds is 3. The van der Waals surface area contributed by atoms with E-state index >= 15 is 0 Å². The molecule has 0 aromatic carbocycles. The summed E-state index contributed by atoms with van der Waals surface area (Å²) in [4.78, 5) is 0. The van der Waals surface area contributed by atoms with Crippen molar-refractivity contribution in [2.24, 2.45) is 13.0 Å². The molecule has 0 amide bonds. The highest BCUT2D eigenvalue weighted by molar-refractivity contribution is 7.99. The molecule has 2 saturated heterocycles. The fourth-order valence-corrected chi connectivity index (χ4v) is 4.91. The molecule has 1 N–H and O–H groups in total. The van der Waals surface area contributed by atoms with E-state index in [1.54, 1.807) is 0 Å². The molecule has 1 aromatic rings. The molecule has 0 bridgehead atoms. The van der Waals surface area contributed by atoms with Gasteiger partial charge in [-0.3, -0.25) is 4.68 Å². The van der Waals surface area contributed by atoms with Crippen molar-refractivity contribution in [2.75, 3.05) is 25.2 Å². The van der Waals surface area contributed by atoms with E-state index in [4.69, 9.17) is 4.74 Å². The maximum atomic E-state index is 6.13. The van der Waals surface area contributed by atoms with Crippen molar-refractivity contribution in [1.29, 1.82) is 0 Å². The van der Waals surface area contributed by atoms with Crippen molar-refractivity contribution >= 4 is 11.8 Å². The third-order valence-corrected chi connectivity index (χ3v) is 5.78. The summed E-state index contributed by atoms with van der Waals surface area (Å²) >= 11 is 2.04. The van der Waals surface area contributed by atoms with Gasteiger partial charge >= 0.3 is 0 Å². The van der Waals surface area contributed by atoms with E-state index < -0.39 is 0 Å². The van der Waals surface area contributed by atoms with Gasteiger partial charge in [0.05, 0.1) is 17.3 Å². The summed E-state index contributed by atoms with van der Waals surface area (Å²) in [6.45, 7) is 0.904. The Balaban J connectivity index is 1.78. The predicted octanol–water partition coefficient (Wildman–Crippen LogP) is 1.98. The molecule has 0 saturated carbocycles. The first-order valence-electron chi connectivity index (χ1n) is 7.11. The average Bonchev–Trinajstić information content (AvgIpc) is 3.02. The highest BCUT2D eigenvalue weighted by Gasteiger charge is 2.42. The maximum Gasteiger partial charge on any atom is 0.0783 e. The average molecular weight is 281 g/mol. The van der Waals surface area contributed by atoms with Gasteiger partial charge in [0.15, 0.2) is 0 Å². The fourth-order valence-electron chi connectivity index (χ4n) is 3.53. The Morgan fingerprint density at radius 1 is 1.63 bits per heavy atom. The van der Waals surface area contributed by atoms with Gasteiger partial charge in [-0.2, -0.15) is 16.9 Å². The van der Waals surface area contributed by atoms with E-state index in [1.165, 1.54) is 30.0 Å². The molecular formula is C14H23N3OS. The van der Waals surface area contributed by atoms with Crippen molar-refractivity contribution in [2.45, 2.75) is 30.9 Å². The molecular weight excluding hydrogens is 258 g/mol. The predicted molar refractivity (Wildman–Crippen MR) is 78.4 cm³/mol. The van der Waals surface area contributed by atoms with Crippen LogP contribution in [0.2, 0.25) is 0 Å². The largest absolute Gasteiger partial charge is 0.374 e. The lowest BCUT2D eigenvalue weighted by molar-refractivity contribution is -0.0854. The Hall–Kier alpha value is -0.520. The second-order valence-corrected chi connectivity index (χ2v) is 6.84. The number of aromatic nitrogens is 2. The van der Waals surface area contributed by atoms with Crippen LogP contribution < -0.4 is 5.32 Å². The molecule has 4 nitrogen and oxygen atoms in total. The topological polar surface area (TPSA) is 39.1 Å². The first-order valence-corrected chi connectivity index (χ1v) is 8.26. The van der Waals surface area contributed by atoms with Crippen molar-refractivity contribution < 1.29 is 4.74 Å². The van der Waals surface area contributed by atoms with Gasteiger partial charge in [0.1, 0.15) is 0 Å². The molecule has 106 valence electrons. The highest BCUT2D eigenvalue weighted by atomic mass is 32.2. The van der Waals surface area contributed by atoms with Crippen molar-refractivity contribution in [3.63, 3.8) is 0 Å². The van der Waals surface area contributed by atoms with E-state index in [9.17, 15) is 0 Å². The summed E-state index contributed by atoms with van der Waals surface area (Å²) in [5.74, 6) is 3.07. The van der Waals surface area contributed by atoms with Crippen LogP contribution in [0, 0.1) is 5.92 Å². The second kappa shape index (κ2) is 5.46. The van der Waals surface area contributed by atoms with Gasteiger partial charge in [-0.05, 0) is 44.0 Å². The number of ether oxygens (including phenoxy) is 1. The van der Waals surface area contributed by atoms with Gasteiger partial charge in [0, 0.05) is 25.6 Å². The molecule has 3 unspecified atom stereocenters. The van der Waals surface area contributed by atoms with E-state index in [2.05, 4.69) is 23.5 Å². The third kappa shape index (κ3) is 2.56. The minimum Gasteiger partial charge on any atom is -0.374 e. The van der Waals surface area contributed by atoms with Crippen molar-refractivity contribution in [3.05, 3.63) is 18.0 Å². The Kier molecular flexibility index (Phi) is 3.87. The molecule has 0 radical (unpaired) electrons. The van der Waals surface area contributed by atoms with E-state index in [0.717, 1.165) is 13.0 Å². The van der Waals surface area contributed by atoms with Gasteiger partial charge in [-0.15, -0.1) is 0 Å². The molecule has 0 aliphatic carbocycles. The highest BCUT2D eigenvalue weighted by Crippen LogP contribution is 2.43. The maximum absolute atomic E-state index is 6.13. The van der Waals surface area contributed by atoms with Gasteiger partial charge in [0.25, 0.3) is 0 Å². The number of nitrogens with zero attached hydrogens (tertiary/aromatic N) is 2. The zero-order chi connectivity index (χ0) is 13.3. The fraction of sp³-hybridized carbons (Fsp3) is 0.786. The molecule has 2 aliphatic heterocycles. The zero-order valence-electron chi connectivity index (χ0n) is 11.8. The second-order valence-electron chi connectivity index (χ2n) is 5.73. The molecule has 19 heavy (non-hydrogen) atoms. The van der Waals surface area contributed by atoms with Crippen LogP contribution in [-0.2, 0) is 11.8 Å². The van der Waals surface area contributed by atoms with E-state index in [-0.39, 0.29) is 5.60 Å². The summed E-state index contributed by atoms with van der Waals surface area (Å²) in [5, 5.41) is 7.81. The SMILES string of the molecule is CNC(c1ccnn1C)C1CCOC2(CCSC2)C1. The summed E-state index contributed by atoms with van der Waals surface area (Å²) < 4.78 is 8.12. The Labute approximate surface area is 119 Å². The summed E-state index contributed by atoms with van der Waals surface area (Å²) in [6, 6.07) is 2.52.